The minimum atomic E-state index is -0.528. The van der Waals surface area contributed by atoms with Gasteiger partial charge >= 0.3 is 0 Å². The summed E-state index contributed by atoms with van der Waals surface area (Å²) in [6.45, 7) is 3.23. The zero-order valence-corrected chi connectivity index (χ0v) is 15.5. The van der Waals surface area contributed by atoms with Crippen LogP contribution in [-0.2, 0) is 17.8 Å². The number of carbonyl (C=O) groups is 1. The first-order valence-corrected chi connectivity index (χ1v) is 9.39. The van der Waals surface area contributed by atoms with Gasteiger partial charge in [0.1, 0.15) is 5.75 Å². The van der Waals surface area contributed by atoms with E-state index in [1.807, 2.05) is 60.4 Å². The van der Waals surface area contributed by atoms with Crippen molar-refractivity contribution in [2.45, 2.75) is 26.0 Å². The van der Waals surface area contributed by atoms with Crippen LogP contribution in [0.5, 0.6) is 5.75 Å². The molecule has 136 valence electrons. The van der Waals surface area contributed by atoms with Crippen LogP contribution in [0.25, 0.3) is 11.1 Å². The number of amides is 1. The first-order valence-electron chi connectivity index (χ1n) is 9.39. The molecule has 27 heavy (non-hydrogen) atoms. The molecule has 0 N–H and O–H groups in total. The van der Waals surface area contributed by atoms with Crippen molar-refractivity contribution < 1.29 is 9.53 Å². The molecule has 0 saturated heterocycles. The summed E-state index contributed by atoms with van der Waals surface area (Å²) in [5.74, 6) is 0.773. The molecule has 0 saturated carbocycles. The van der Waals surface area contributed by atoms with Crippen molar-refractivity contribution >= 4 is 5.91 Å². The van der Waals surface area contributed by atoms with Gasteiger partial charge in [0.15, 0.2) is 6.10 Å². The number of rotatable bonds is 4. The number of hydrogen-bond donors (Lipinski definition) is 0. The number of hydrogen-bond acceptors (Lipinski definition) is 2. The van der Waals surface area contributed by atoms with Crippen molar-refractivity contribution in [1.82, 2.24) is 4.90 Å². The van der Waals surface area contributed by atoms with Gasteiger partial charge in [0, 0.05) is 18.7 Å². The van der Waals surface area contributed by atoms with Gasteiger partial charge in [0.05, 0.1) is 0 Å². The summed E-state index contributed by atoms with van der Waals surface area (Å²) in [5, 5.41) is 0. The molecule has 0 fully saturated rings. The van der Waals surface area contributed by atoms with Crippen LogP contribution in [0.3, 0.4) is 0 Å². The van der Waals surface area contributed by atoms with E-state index in [9.17, 15) is 4.79 Å². The zero-order valence-electron chi connectivity index (χ0n) is 15.5. The molecule has 4 rings (SSSR count). The highest BCUT2D eigenvalue weighted by atomic mass is 16.5. The third kappa shape index (κ3) is 3.72. The summed E-state index contributed by atoms with van der Waals surface area (Å²) in [6, 6.07) is 26.3. The Balaban J connectivity index is 1.50. The number of benzene rings is 3. The van der Waals surface area contributed by atoms with E-state index in [-0.39, 0.29) is 5.91 Å². The molecule has 1 heterocycles. The Morgan fingerprint density at radius 1 is 0.889 bits per heavy atom. The monoisotopic (exact) mass is 357 g/mol. The fraction of sp³-hybridized carbons (Fsp3) is 0.208. The Morgan fingerprint density at radius 3 is 2.37 bits per heavy atom. The Morgan fingerprint density at radius 2 is 1.56 bits per heavy atom. The quantitative estimate of drug-likeness (QED) is 0.677. The number of para-hydroxylation sites is 1. The van der Waals surface area contributed by atoms with Crippen molar-refractivity contribution in [2.75, 3.05) is 6.54 Å². The van der Waals surface area contributed by atoms with E-state index >= 15 is 0 Å². The fourth-order valence-electron chi connectivity index (χ4n) is 3.61. The summed E-state index contributed by atoms with van der Waals surface area (Å²) in [5.41, 5.74) is 4.65. The second kappa shape index (κ2) is 7.67. The van der Waals surface area contributed by atoms with Crippen LogP contribution >= 0.6 is 0 Å². The highest BCUT2D eigenvalue weighted by Gasteiger charge is 2.26. The second-order valence-corrected chi connectivity index (χ2v) is 6.90. The first kappa shape index (κ1) is 17.3. The van der Waals surface area contributed by atoms with E-state index in [1.165, 1.54) is 11.1 Å². The largest absolute Gasteiger partial charge is 0.480 e. The maximum absolute atomic E-state index is 13.0. The van der Waals surface area contributed by atoms with Crippen molar-refractivity contribution in [3.8, 4) is 16.9 Å². The fourth-order valence-corrected chi connectivity index (χ4v) is 3.61. The number of fused-ring (bicyclic) bond motifs is 1. The highest BCUT2D eigenvalue weighted by Crippen LogP contribution is 2.30. The smallest absolute Gasteiger partial charge is 0.263 e. The Labute approximate surface area is 160 Å². The molecule has 3 aromatic carbocycles. The molecular weight excluding hydrogens is 334 g/mol. The number of carbonyl (C=O) groups excluding carboxylic acids is 1. The molecule has 3 aromatic rings. The average molecular weight is 357 g/mol. The van der Waals surface area contributed by atoms with Crippen molar-refractivity contribution in [3.05, 3.63) is 90.0 Å². The van der Waals surface area contributed by atoms with Gasteiger partial charge in [0.25, 0.3) is 5.91 Å². The average Bonchev–Trinajstić information content (AvgIpc) is 2.74. The van der Waals surface area contributed by atoms with Crippen molar-refractivity contribution in [2.24, 2.45) is 0 Å². The molecular formula is C24H23NO2. The molecule has 1 atom stereocenters. The Bertz CT molecular complexity index is 936. The lowest BCUT2D eigenvalue weighted by Crippen LogP contribution is -2.43. The topological polar surface area (TPSA) is 29.5 Å². The molecule has 3 heteroatoms. The summed E-state index contributed by atoms with van der Waals surface area (Å²) in [4.78, 5) is 14.9. The van der Waals surface area contributed by atoms with Gasteiger partial charge in [-0.3, -0.25) is 4.79 Å². The predicted octanol–water partition coefficient (Wildman–Crippen LogP) is 4.71. The molecule has 0 bridgehead atoms. The van der Waals surface area contributed by atoms with Crippen LogP contribution in [0.2, 0.25) is 0 Å². The summed E-state index contributed by atoms with van der Waals surface area (Å²) in [7, 11) is 0. The summed E-state index contributed by atoms with van der Waals surface area (Å²) < 4.78 is 6.11. The van der Waals surface area contributed by atoms with E-state index in [4.69, 9.17) is 4.74 Å². The third-order valence-electron chi connectivity index (χ3n) is 5.07. The van der Waals surface area contributed by atoms with Gasteiger partial charge in [-0.15, -0.1) is 0 Å². The van der Waals surface area contributed by atoms with Gasteiger partial charge in [-0.05, 0) is 36.1 Å². The van der Waals surface area contributed by atoms with Crippen LogP contribution in [0.15, 0.2) is 78.9 Å². The molecule has 1 amide bonds. The van der Waals surface area contributed by atoms with Gasteiger partial charge in [-0.1, -0.05) is 72.8 Å². The highest BCUT2D eigenvalue weighted by molar-refractivity contribution is 5.81. The standard InChI is InChI=1S/C24H23NO2/c1-18(24(26)25-16-15-19-9-5-6-12-21(19)17-25)27-23-14-8-7-13-22(23)20-10-3-2-4-11-20/h2-14,18H,15-17H2,1H3/t18-/m1/s1. The molecule has 0 aliphatic carbocycles. The maximum atomic E-state index is 13.0. The SMILES string of the molecule is C[C@@H](Oc1ccccc1-c1ccccc1)C(=O)N1CCc2ccccc2C1. The Hall–Kier alpha value is -3.07. The molecule has 1 aliphatic rings. The summed E-state index contributed by atoms with van der Waals surface area (Å²) in [6.07, 6.45) is 0.370. The van der Waals surface area contributed by atoms with Crippen LogP contribution in [-0.4, -0.2) is 23.5 Å². The lowest BCUT2D eigenvalue weighted by molar-refractivity contribution is -0.138. The van der Waals surface area contributed by atoms with Gasteiger partial charge < -0.3 is 9.64 Å². The van der Waals surface area contributed by atoms with Crippen LogP contribution in [0.4, 0.5) is 0 Å². The lowest BCUT2D eigenvalue weighted by atomic mass is 9.99. The van der Waals surface area contributed by atoms with E-state index in [0.29, 0.717) is 6.54 Å². The number of nitrogens with zero attached hydrogens (tertiary/aromatic N) is 1. The lowest BCUT2D eigenvalue weighted by Gasteiger charge is -2.31. The van der Waals surface area contributed by atoms with E-state index in [1.54, 1.807) is 0 Å². The molecule has 3 nitrogen and oxygen atoms in total. The minimum Gasteiger partial charge on any atom is -0.480 e. The third-order valence-corrected chi connectivity index (χ3v) is 5.07. The molecule has 0 unspecified atom stereocenters. The number of ether oxygens (including phenoxy) is 1. The molecule has 0 aromatic heterocycles. The summed E-state index contributed by atoms with van der Waals surface area (Å²) >= 11 is 0. The van der Waals surface area contributed by atoms with E-state index < -0.39 is 6.10 Å². The van der Waals surface area contributed by atoms with Crippen LogP contribution in [0.1, 0.15) is 18.1 Å². The Kier molecular flexibility index (Phi) is 4.93. The van der Waals surface area contributed by atoms with Crippen molar-refractivity contribution in [1.29, 1.82) is 0 Å². The normalized spacial score (nSPS) is 14.3. The van der Waals surface area contributed by atoms with E-state index in [2.05, 4.69) is 30.3 Å². The minimum absolute atomic E-state index is 0.0346. The van der Waals surface area contributed by atoms with E-state index in [0.717, 1.165) is 29.8 Å². The first-order chi connectivity index (χ1) is 13.2. The molecule has 0 radical (unpaired) electrons. The second-order valence-electron chi connectivity index (χ2n) is 6.90. The predicted molar refractivity (Wildman–Crippen MR) is 108 cm³/mol. The van der Waals surface area contributed by atoms with Crippen LogP contribution < -0.4 is 4.74 Å². The molecule has 0 spiro atoms. The zero-order chi connectivity index (χ0) is 18.6. The van der Waals surface area contributed by atoms with Gasteiger partial charge in [0.2, 0.25) is 0 Å². The van der Waals surface area contributed by atoms with Gasteiger partial charge in [-0.2, -0.15) is 0 Å². The van der Waals surface area contributed by atoms with Crippen molar-refractivity contribution in [3.63, 3.8) is 0 Å². The molecule has 1 aliphatic heterocycles. The van der Waals surface area contributed by atoms with Crippen LogP contribution in [0, 0.1) is 0 Å². The maximum Gasteiger partial charge on any atom is 0.263 e. The van der Waals surface area contributed by atoms with Gasteiger partial charge in [-0.25, -0.2) is 0 Å².